The van der Waals surface area contributed by atoms with Crippen molar-refractivity contribution in [1.82, 2.24) is 9.80 Å². The van der Waals surface area contributed by atoms with Gasteiger partial charge in [0, 0.05) is 19.1 Å². The maximum absolute atomic E-state index is 12.8. The predicted octanol–water partition coefficient (Wildman–Crippen LogP) is 2.79. The molecular formula is C18H29N3O. The Morgan fingerprint density at radius 3 is 2.32 bits per heavy atom. The number of nitriles is 1. The second kappa shape index (κ2) is 6.58. The van der Waals surface area contributed by atoms with Crippen molar-refractivity contribution in [3.05, 3.63) is 0 Å². The molecule has 3 rings (SSSR count). The Kier molecular flexibility index (Phi) is 4.73. The molecule has 2 aliphatic heterocycles. The molecular weight excluding hydrogens is 274 g/mol. The van der Waals surface area contributed by atoms with Gasteiger partial charge < -0.3 is 9.80 Å². The molecule has 0 bridgehead atoms. The summed E-state index contributed by atoms with van der Waals surface area (Å²) in [6, 6.07) is 3.07. The van der Waals surface area contributed by atoms with Gasteiger partial charge in [-0.2, -0.15) is 5.26 Å². The number of nitrogens with zero attached hydrogens (tertiary/aromatic N) is 3. The van der Waals surface area contributed by atoms with Crippen LogP contribution in [0.3, 0.4) is 0 Å². The quantitative estimate of drug-likeness (QED) is 0.788. The Balaban J connectivity index is 1.57. The van der Waals surface area contributed by atoms with Crippen LogP contribution in [-0.2, 0) is 4.79 Å². The lowest BCUT2D eigenvalue weighted by molar-refractivity contribution is -0.140. The molecule has 3 aliphatic rings. The molecule has 1 saturated carbocycles. The van der Waals surface area contributed by atoms with Crippen molar-refractivity contribution < 1.29 is 4.79 Å². The van der Waals surface area contributed by atoms with Gasteiger partial charge in [0.05, 0.1) is 6.07 Å². The van der Waals surface area contributed by atoms with Crippen LogP contribution in [0.5, 0.6) is 0 Å². The number of rotatable bonds is 2. The van der Waals surface area contributed by atoms with Gasteiger partial charge in [-0.05, 0) is 58.0 Å². The third-order valence-electron chi connectivity index (χ3n) is 6.28. The lowest BCUT2D eigenvalue weighted by Gasteiger charge is -2.43. The van der Waals surface area contributed by atoms with Gasteiger partial charge in [0.25, 0.3) is 0 Å². The number of likely N-dealkylation sites (tertiary alicyclic amines) is 2. The highest BCUT2D eigenvalue weighted by molar-refractivity contribution is 5.85. The molecule has 3 fully saturated rings. The summed E-state index contributed by atoms with van der Waals surface area (Å²) in [5, 5.41) is 9.50. The summed E-state index contributed by atoms with van der Waals surface area (Å²) in [6.07, 6.45) is 9.83. The molecule has 4 heteroatoms. The van der Waals surface area contributed by atoms with E-state index in [0.717, 1.165) is 57.5 Å². The van der Waals surface area contributed by atoms with Gasteiger partial charge in [0.2, 0.25) is 5.91 Å². The molecule has 4 nitrogen and oxygen atoms in total. The van der Waals surface area contributed by atoms with Crippen molar-refractivity contribution in [3.63, 3.8) is 0 Å². The summed E-state index contributed by atoms with van der Waals surface area (Å²) in [5.74, 6) is 0.860. The van der Waals surface area contributed by atoms with E-state index in [1.54, 1.807) is 0 Å². The van der Waals surface area contributed by atoms with Gasteiger partial charge in [0.15, 0.2) is 0 Å². The summed E-state index contributed by atoms with van der Waals surface area (Å²) in [4.78, 5) is 17.3. The number of carbonyl (C=O) groups is 1. The van der Waals surface area contributed by atoms with Gasteiger partial charge in [-0.25, -0.2) is 0 Å². The Labute approximate surface area is 134 Å². The van der Waals surface area contributed by atoms with Crippen LogP contribution in [0.25, 0.3) is 0 Å². The predicted molar refractivity (Wildman–Crippen MR) is 86.1 cm³/mol. The molecule has 0 spiro atoms. The van der Waals surface area contributed by atoms with Crippen LogP contribution in [-0.4, -0.2) is 48.4 Å². The number of hydrogen-bond donors (Lipinski definition) is 0. The van der Waals surface area contributed by atoms with Crippen LogP contribution in [0.15, 0.2) is 0 Å². The van der Waals surface area contributed by atoms with E-state index in [4.69, 9.17) is 0 Å². The monoisotopic (exact) mass is 303 g/mol. The highest BCUT2D eigenvalue weighted by Crippen LogP contribution is 2.40. The van der Waals surface area contributed by atoms with Crippen molar-refractivity contribution in [2.45, 2.75) is 63.8 Å². The summed E-state index contributed by atoms with van der Waals surface area (Å²) in [7, 11) is 2.25. The fourth-order valence-electron chi connectivity index (χ4n) is 4.84. The van der Waals surface area contributed by atoms with Gasteiger partial charge >= 0.3 is 0 Å². The van der Waals surface area contributed by atoms with Crippen molar-refractivity contribution >= 4 is 5.91 Å². The number of carbonyl (C=O) groups excluding carboxylic acids is 1. The fraction of sp³-hybridized carbons (Fsp3) is 0.889. The molecule has 0 aromatic carbocycles. The molecule has 0 N–H and O–H groups in total. The van der Waals surface area contributed by atoms with Gasteiger partial charge in [-0.15, -0.1) is 0 Å². The normalized spacial score (nSPS) is 30.2. The second-order valence-electron chi connectivity index (χ2n) is 7.57. The third-order valence-corrected chi connectivity index (χ3v) is 6.28. The largest absolute Gasteiger partial charge is 0.341 e. The first-order valence-corrected chi connectivity index (χ1v) is 9.07. The minimum Gasteiger partial charge on any atom is -0.341 e. The first kappa shape index (κ1) is 15.8. The fourth-order valence-corrected chi connectivity index (χ4v) is 4.84. The van der Waals surface area contributed by atoms with Crippen LogP contribution in [0, 0.1) is 22.7 Å². The zero-order valence-electron chi connectivity index (χ0n) is 13.9. The van der Waals surface area contributed by atoms with Crippen molar-refractivity contribution in [1.29, 1.82) is 5.26 Å². The SMILES string of the molecule is CN1CCCCC1C1CCN(C(=O)C2(C#N)CCCC2)CC1. The molecule has 2 heterocycles. The number of hydrogen-bond acceptors (Lipinski definition) is 3. The lowest BCUT2D eigenvalue weighted by atomic mass is 9.82. The average molecular weight is 303 g/mol. The summed E-state index contributed by atoms with van der Waals surface area (Å²) >= 11 is 0. The minimum absolute atomic E-state index is 0.128. The van der Waals surface area contributed by atoms with Crippen molar-refractivity contribution in [3.8, 4) is 6.07 Å². The Morgan fingerprint density at radius 2 is 1.73 bits per heavy atom. The van der Waals surface area contributed by atoms with Gasteiger partial charge in [0.1, 0.15) is 5.41 Å². The molecule has 0 radical (unpaired) electrons. The zero-order chi connectivity index (χ0) is 15.6. The van der Waals surface area contributed by atoms with E-state index in [1.807, 2.05) is 4.90 Å². The molecule has 22 heavy (non-hydrogen) atoms. The van der Waals surface area contributed by atoms with Crippen LogP contribution < -0.4 is 0 Å². The first-order chi connectivity index (χ1) is 10.7. The van der Waals surface area contributed by atoms with Crippen molar-refractivity contribution in [2.24, 2.45) is 11.3 Å². The van der Waals surface area contributed by atoms with Crippen LogP contribution in [0.4, 0.5) is 0 Å². The molecule has 2 saturated heterocycles. The maximum Gasteiger partial charge on any atom is 0.243 e. The summed E-state index contributed by atoms with van der Waals surface area (Å²) in [5.41, 5.74) is -0.686. The lowest BCUT2D eigenvalue weighted by Crippen LogP contribution is -2.50. The average Bonchev–Trinajstić information content (AvgIpc) is 3.05. The van der Waals surface area contributed by atoms with E-state index in [9.17, 15) is 10.1 Å². The zero-order valence-corrected chi connectivity index (χ0v) is 13.9. The molecule has 1 atom stereocenters. The molecule has 1 unspecified atom stereocenters. The molecule has 0 aromatic rings. The summed E-state index contributed by atoms with van der Waals surface area (Å²) in [6.45, 7) is 2.94. The summed E-state index contributed by atoms with van der Waals surface area (Å²) < 4.78 is 0. The first-order valence-electron chi connectivity index (χ1n) is 9.07. The third kappa shape index (κ3) is 2.88. The van der Waals surface area contributed by atoms with Crippen LogP contribution in [0.2, 0.25) is 0 Å². The minimum atomic E-state index is -0.686. The van der Waals surface area contributed by atoms with E-state index in [-0.39, 0.29) is 5.91 Å². The highest BCUT2D eigenvalue weighted by Gasteiger charge is 2.45. The molecule has 122 valence electrons. The maximum atomic E-state index is 12.8. The Hall–Kier alpha value is -1.08. The van der Waals surface area contributed by atoms with Gasteiger partial charge in [-0.1, -0.05) is 19.3 Å². The van der Waals surface area contributed by atoms with Crippen LogP contribution >= 0.6 is 0 Å². The smallest absolute Gasteiger partial charge is 0.243 e. The van der Waals surface area contributed by atoms with Crippen LogP contribution in [0.1, 0.15) is 57.8 Å². The topological polar surface area (TPSA) is 47.3 Å². The van der Waals surface area contributed by atoms with E-state index < -0.39 is 5.41 Å². The number of piperidine rings is 2. The molecule has 1 amide bonds. The highest BCUT2D eigenvalue weighted by atomic mass is 16.2. The molecule has 0 aromatic heterocycles. The van der Waals surface area contributed by atoms with E-state index in [1.165, 1.54) is 25.8 Å². The van der Waals surface area contributed by atoms with E-state index in [0.29, 0.717) is 6.04 Å². The standard InChI is InChI=1S/C18H29N3O/c1-20-11-5-2-6-16(20)15-7-12-21(13-8-15)17(22)18(14-19)9-3-4-10-18/h15-16H,2-13H2,1H3. The van der Waals surface area contributed by atoms with Crippen molar-refractivity contribution in [2.75, 3.05) is 26.7 Å². The Morgan fingerprint density at radius 1 is 1.05 bits per heavy atom. The van der Waals surface area contributed by atoms with Gasteiger partial charge in [-0.3, -0.25) is 4.79 Å². The number of amides is 1. The second-order valence-corrected chi connectivity index (χ2v) is 7.57. The molecule has 1 aliphatic carbocycles. The van der Waals surface area contributed by atoms with E-state index in [2.05, 4.69) is 18.0 Å². The van der Waals surface area contributed by atoms with E-state index >= 15 is 0 Å². The Bertz CT molecular complexity index is 442.